The van der Waals surface area contributed by atoms with Crippen LogP contribution in [-0.4, -0.2) is 44.9 Å². The molecule has 0 aromatic carbocycles. The standard InChI is InChI=1S/C18H23N3OS/c1-23-18(7-4-8-18)17(22)21-10-3-5-13(12-21)15-11-20-16-14(15)6-2-9-19-16/h2,6,9,11,13H,3-5,7-8,10,12H2,1H3,(H,19,20). The highest BCUT2D eigenvalue weighted by atomic mass is 32.2. The van der Waals surface area contributed by atoms with Crippen LogP contribution in [0.15, 0.2) is 24.5 Å². The Morgan fingerprint density at radius 1 is 1.43 bits per heavy atom. The Kier molecular flexibility index (Phi) is 3.84. The first-order valence-electron chi connectivity index (χ1n) is 8.50. The van der Waals surface area contributed by atoms with Crippen molar-refractivity contribution in [2.45, 2.75) is 42.8 Å². The van der Waals surface area contributed by atoms with Gasteiger partial charge in [-0.25, -0.2) is 4.98 Å². The number of carbonyl (C=O) groups is 1. The largest absolute Gasteiger partial charge is 0.346 e. The van der Waals surface area contributed by atoms with E-state index in [1.54, 1.807) is 11.8 Å². The fourth-order valence-corrected chi connectivity index (χ4v) is 5.02. The van der Waals surface area contributed by atoms with Crippen molar-refractivity contribution >= 4 is 28.7 Å². The molecule has 5 heteroatoms. The second-order valence-electron chi connectivity index (χ2n) is 6.79. The minimum Gasteiger partial charge on any atom is -0.346 e. The summed E-state index contributed by atoms with van der Waals surface area (Å²) in [6, 6.07) is 4.12. The van der Waals surface area contributed by atoms with Crippen molar-refractivity contribution in [2.24, 2.45) is 0 Å². The highest BCUT2D eigenvalue weighted by Gasteiger charge is 2.46. The maximum atomic E-state index is 13.0. The van der Waals surface area contributed by atoms with Crippen LogP contribution < -0.4 is 0 Å². The van der Waals surface area contributed by atoms with E-state index in [9.17, 15) is 4.79 Å². The molecule has 1 amide bonds. The van der Waals surface area contributed by atoms with E-state index >= 15 is 0 Å². The van der Waals surface area contributed by atoms with Gasteiger partial charge in [-0.15, -0.1) is 11.8 Å². The predicted octanol–water partition coefficient (Wildman–Crippen LogP) is 3.55. The molecule has 3 heterocycles. The first kappa shape index (κ1) is 15.1. The van der Waals surface area contributed by atoms with Crippen LogP contribution >= 0.6 is 11.8 Å². The van der Waals surface area contributed by atoms with Gasteiger partial charge in [-0.1, -0.05) is 0 Å². The maximum absolute atomic E-state index is 13.0. The Hall–Kier alpha value is -1.49. The number of carbonyl (C=O) groups excluding carboxylic acids is 1. The van der Waals surface area contributed by atoms with Gasteiger partial charge < -0.3 is 9.88 Å². The Morgan fingerprint density at radius 2 is 2.30 bits per heavy atom. The molecule has 2 aromatic rings. The number of hydrogen-bond acceptors (Lipinski definition) is 3. The van der Waals surface area contributed by atoms with Gasteiger partial charge in [0.15, 0.2) is 0 Å². The van der Waals surface area contributed by atoms with Gasteiger partial charge in [-0.05, 0) is 56.1 Å². The molecular formula is C18H23N3OS. The lowest BCUT2D eigenvalue weighted by molar-refractivity contribution is -0.137. The zero-order valence-corrected chi connectivity index (χ0v) is 14.4. The van der Waals surface area contributed by atoms with Crippen LogP contribution in [0.2, 0.25) is 0 Å². The molecule has 1 N–H and O–H groups in total. The molecule has 1 saturated carbocycles. The van der Waals surface area contributed by atoms with Crippen LogP contribution in [0, 0.1) is 0 Å². The number of fused-ring (bicyclic) bond motifs is 1. The number of H-pyrrole nitrogens is 1. The number of amides is 1. The van der Waals surface area contributed by atoms with Gasteiger partial charge in [0.05, 0.1) is 4.75 Å². The summed E-state index contributed by atoms with van der Waals surface area (Å²) in [6.45, 7) is 1.77. The summed E-state index contributed by atoms with van der Waals surface area (Å²) >= 11 is 1.75. The van der Waals surface area contributed by atoms with Crippen molar-refractivity contribution in [3.63, 3.8) is 0 Å². The van der Waals surface area contributed by atoms with Gasteiger partial charge in [-0.2, -0.15) is 0 Å². The zero-order chi connectivity index (χ0) is 15.9. The van der Waals surface area contributed by atoms with Crippen LogP contribution in [0.3, 0.4) is 0 Å². The van der Waals surface area contributed by atoms with E-state index in [2.05, 4.69) is 33.4 Å². The summed E-state index contributed by atoms with van der Waals surface area (Å²) in [5, 5.41) is 1.20. The minimum atomic E-state index is -0.121. The van der Waals surface area contributed by atoms with Gasteiger partial charge in [0.1, 0.15) is 5.65 Å². The smallest absolute Gasteiger partial charge is 0.238 e. The fraction of sp³-hybridized carbons (Fsp3) is 0.556. The van der Waals surface area contributed by atoms with E-state index in [-0.39, 0.29) is 4.75 Å². The van der Waals surface area contributed by atoms with Crippen molar-refractivity contribution in [1.29, 1.82) is 0 Å². The zero-order valence-electron chi connectivity index (χ0n) is 13.5. The van der Waals surface area contributed by atoms with Gasteiger partial charge in [0.25, 0.3) is 0 Å². The highest BCUT2D eigenvalue weighted by Crippen LogP contribution is 2.45. The summed E-state index contributed by atoms with van der Waals surface area (Å²) in [5.41, 5.74) is 2.27. The lowest BCUT2D eigenvalue weighted by Gasteiger charge is -2.44. The number of rotatable bonds is 3. The Morgan fingerprint density at radius 3 is 3.04 bits per heavy atom. The Balaban J connectivity index is 1.56. The molecule has 0 spiro atoms. The normalized spacial score (nSPS) is 23.7. The van der Waals surface area contributed by atoms with Gasteiger partial charge in [0.2, 0.25) is 5.91 Å². The summed E-state index contributed by atoms with van der Waals surface area (Å²) < 4.78 is -0.121. The average molecular weight is 329 g/mol. The van der Waals surface area contributed by atoms with E-state index in [1.165, 1.54) is 17.4 Å². The summed E-state index contributed by atoms with van der Waals surface area (Å²) in [4.78, 5) is 22.8. The molecule has 1 saturated heterocycles. The lowest BCUT2D eigenvalue weighted by atomic mass is 9.81. The molecule has 4 nitrogen and oxygen atoms in total. The molecule has 2 aliphatic rings. The second kappa shape index (κ2) is 5.86. The second-order valence-corrected chi connectivity index (χ2v) is 7.98. The third kappa shape index (κ3) is 2.45. The first-order valence-corrected chi connectivity index (χ1v) is 9.72. The minimum absolute atomic E-state index is 0.121. The summed E-state index contributed by atoms with van der Waals surface area (Å²) in [6.07, 6.45) is 11.5. The van der Waals surface area contributed by atoms with Crippen molar-refractivity contribution in [3.8, 4) is 0 Å². The highest BCUT2D eigenvalue weighted by molar-refractivity contribution is 8.00. The molecule has 1 unspecified atom stereocenters. The fourth-order valence-electron chi connectivity index (χ4n) is 4.02. The predicted molar refractivity (Wildman–Crippen MR) is 94.7 cm³/mol. The van der Waals surface area contributed by atoms with Crippen molar-refractivity contribution in [3.05, 3.63) is 30.1 Å². The van der Waals surface area contributed by atoms with Crippen molar-refractivity contribution < 1.29 is 4.79 Å². The summed E-state index contributed by atoms with van der Waals surface area (Å²) in [7, 11) is 0. The molecule has 1 aliphatic carbocycles. The van der Waals surface area contributed by atoms with Crippen LogP contribution in [0.1, 0.15) is 43.6 Å². The molecule has 23 heavy (non-hydrogen) atoms. The van der Waals surface area contributed by atoms with Crippen LogP contribution in [-0.2, 0) is 4.79 Å². The molecule has 1 atom stereocenters. The molecule has 1 aliphatic heterocycles. The van der Waals surface area contributed by atoms with E-state index in [0.717, 1.165) is 44.4 Å². The Bertz CT molecular complexity index is 716. The molecule has 2 aromatic heterocycles. The number of nitrogens with one attached hydrogen (secondary N) is 1. The third-order valence-corrected chi connectivity index (χ3v) is 6.94. The number of aromatic nitrogens is 2. The van der Waals surface area contributed by atoms with E-state index in [0.29, 0.717) is 11.8 Å². The molecule has 4 rings (SSSR count). The molecule has 122 valence electrons. The lowest BCUT2D eigenvalue weighted by Crippen LogP contribution is -2.53. The molecular weight excluding hydrogens is 306 g/mol. The van der Waals surface area contributed by atoms with Crippen molar-refractivity contribution in [2.75, 3.05) is 19.3 Å². The van der Waals surface area contributed by atoms with Gasteiger partial charge >= 0.3 is 0 Å². The number of thioether (sulfide) groups is 1. The topological polar surface area (TPSA) is 49.0 Å². The van der Waals surface area contributed by atoms with Crippen LogP contribution in [0.4, 0.5) is 0 Å². The van der Waals surface area contributed by atoms with Gasteiger partial charge in [0, 0.05) is 36.8 Å². The molecule has 0 bridgehead atoms. The molecule has 2 fully saturated rings. The number of pyridine rings is 1. The molecule has 0 radical (unpaired) electrons. The number of likely N-dealkylation sites (tertiary alicyclic amines) is 1. The average Bonchev–Trinajstić information content (AvgIpc) is 2.98. The number of nitrogens with zero attached hydrogens (tertiary/aromatic N) is 2. The van der Waals surface area contributed by atoms with E-state index in [4.69, 9.17) is 0 Å². The van der Waals surface area contributed by atoms with Gasteiger partial charge in [-0.3, -0.25) is 4.79 Å². The van der Waals surface area contributed by atoms with Crippen LogP contribution in [0.5, 0.6) is 0 Å². The third-order valence-electron chi connectivity index (χ3n) is 5.57. The van der Waals surface area contributed by atoms with Crippen LogP contribution in [0.25, 0.3) is 11.0 Å². The number of hydrogen-bond donors (Lipinski definition) is 1. The SMILES string of the molecule is CSC1(C(=O)N2CCCC(c3c[nH]c4ncccc34)C2)CCC1. The van der Waals surface area contributed by atoms with E-state index in [1.807, 2.05) is 12.3 Å². The number of aromatic amines is 1. The Labute approximate surface area is 141 Å². The first-order chi connectivity index (χ1) is 11.2. The maximum Gasteiger partial charge on any atom is 0.238 e. The summed E-state index contributed by atoms with van der Waals surface area (Å²) in [5.74, 6) is 0.795. The van der Waals surface area contributed by atoms with Crippen molar-refractivity contribution in [1.82, 2.24) is 14.9 Å². The number of piperidine rings is 1. The van der Waals surface area contributed by atoms with E-state index < -0.39 is 0 Å². The quantitative estimate of drug-likeness (QED) is 0.937. The monoisotopic (exact) mass is 329 g/mol.